The lowest BCUT2D eigenvalue weighted by Crippen LogP contribution is -2.50. The highest BCUT2D eigenvalue weighted by Gasteiger charge is 2.35. The molecule has 1 aromatic rings. The van der Waals surface area contributed by atoms with Crippen molar-refractivity contribution >= 4 is 21.6 Å². The van der Waals surface area contributed by atoms with E-state index in [4.69, 9.17) is 22.1 Å². The van der Waals surface area contributed by atoms with Crippen LogP contribution < -0.4 is 5.73 Å². The van der Waals surface area contributed by atoms with Gasteiger partial charge >= 0.3 is 0 Å². The van der Waals surface area contributed by atoms with Crippen molar-refractivity contribution in [3.8, 4) is 0 Å². The first-order valence-corrected chi connectivity index (χ1v) is 8.30. The van der Waals surface area contributed by atoms with E-state index in [2.05, 4.69) is 0 Å². The van der Waals surface area contributed by atoms with E-state index >= 15 is 0 Å². The Balaban J connectivity index is 2.43. The molecule has 0 aromatic heterocycles. The van der Waals surface area contributed by atoms with Crippen molar-refractivity contribution in [2.75, 3.05) is 13.2 Å². The average molecular weight is 319 g/mol. The monoisotopic (exact) mass is 318 g/mol. The molecular formula is C13H19ClN2O3S. The van der Waals surface area contributed by atoms with E-state index in [1.54, 1.807) is 18.2 Å². The van der Waals surface area contributed by atoms with Gasteiger partial charge in [-0.05, 0) is 31.5 Å². The molecule has 2 rings (SSSR count). The number of morpholine rings is 1. The largest absolute Gasteiger partial charge is 0.375 e. The minimum Gasteiger partial charge on any atom is -0.375 e. The van der Waals surface area contributed by atoms with E-state index in [9.17, 15) is 8.42 Å². The van der Waals surface area contributed by atoms with Crippen molar-refractivity contribution in [2.24, 2.45) is 5.73 Å². The van der Waals surface area contributed by atoms with Crippen LogP contribution in [0, 0.1) is 0 Å². The quantitative estimate of drug-likeness (QED) is 0.918. The van der Waals surface area contributed by atoms with Gasteiger partial charge in [-0.2, -0.15) is 4.31 Å². The predicted octanol–water partition coefficient (Wildman–Crippen LogP) is 1.60. The van der Waals surface area contributed by atoms with Gasteiger partial charge in [0.05, 0.1) is 17.7 Å². The van der Waals surface area contributed by atoms with Crippen molar-refractivity contribution in [3.63, 3.8) is 0 Å². The first kappa shape index (κ1) is 15.7. The van der Waals surface area contributed by atoms with Crippen LogP contribution in [0.2, 0.25) is 5.02 Å². The first-order valence-electron chi connectivity index (χ1n) is 6.48. The van der Waals surface area contributed by atoms with Crippen molar-refractivity contribution < 1.29 is 13.2 Å². The highest BCUT2D eigenvalue weighted by molar-refractivity contribution is 7.89. The van der Waals surface area contributed by atoms with Crippen molar-refractivity contribution in [1.29, 1.82) is 0 Å². The molecule has 1 heterocycles. The normalized spacial score (nSPS) is 24.8. The van der Waals surface area contributed by atoms with Gasteiger partial charge in [-0.1, -0.05) is 17.7 Å². The van der Waals surface area contributed by atoms with Gasteiger partial charge in [-0.25, -0.2) is 8.42 Å². The molecule has 2 atom stereocenters. The van der Waals surface area contributed by atoms with Gasteiger partial charge < -0.3 is 10.5 Å². The van der Waals surface area contributed by atoms with Gasteiger partial charge in [0.15, 0.2) is 0 Å². The first-order chi connectivity index (χ1) is 9.36. The van der Waals surface area contributed by atoms with Crippen LogP contribution in [-0.2, 0) is 21.3 Å². The molecule has 1 saturated heterocycles. The molecule has 1 aliphatic rings. The van der Waals surface area contributed by atoms with E-state index < -0.39 is 10.0 Å². The third-order valence-electron chi connectivity index (χ3n) is 3.37. The Morgan fingerprint density at radius 1 is 1.45 bits per heavy atom. The van der Waals surface area contributed by atoms with Crippen molar-refractivity contribution in [3.05, 3.63) is 28.8 Å². The molecule has 0 bridgehead atoms. The Bertz CT molecular complexity index is 591. The summed E-state index contributed by atoms with van der Waals surface area (Å²) in [5.41, 5.74) is 6.31. The molecule has 7 heteroatoms. The lowest BCUT2D eigenvalue weighted by molar-refractivity contribution is -0.0170. The number of nitrogens with zero attached hydrogens (tertiary/aromatic N) is 1. The summed E-state index contributed by atoms with van der Waals surface area (Å²) in [6, 6.07) is 4.64. The lowest BCUT2D eigenvalue weighted by atomic mass is 10.2. The Morgan fingerprint density at radius 2 is 2.15 bits per heavy atom. The van der Waals surface area contributed by atoms with Crippen LogP contribution in [0.4, 0.5) is 0 Å². The fraction of sp³-hybridized carbons (Fsp3) is 0.538. The van der Waals surface area contributed by atoms with Crippen LogP contribution in [0.3, 0.4) is 0 Å². The SMILES string of the molecule is CC1CN(S(=O)(=O)c2cc(CN)ccc2Cl)C(C)CO1. The number of benzene rings is 1. The zero-order valence-corrected chi connectivity index (χ0v) is 13.1. The predicted molar refractivity (Wildman–Crippen MR) is 78.1 cm³/mol. The number of hydrogen-bond acceptors (Lipinski definition) is 4. The smallest absolute Gasteiger partial charge is 0.244 e. The van der Waals surface area contributed by atoms with Crippen LogP contribution in [0.15, 0.2) is 23.1 Å². The molecule has 112 valence electrons. The molecule has 0 aliphatic carbocycles. The maximum absolute atomic E-state index is 12.8. The van der Waals surface area contributed by atoms with Gasteiger partial charge in [-0.3, -0.25) is 0 Å². The number of nitrogens with two attached hydrogens (primary N) is 1. The molecular weight excluding hydrogens is 300 g/mol. The zero-order valence-electron chi connectivity index (χ0n) is 11.5. The fourth-order valence-electron chi connectivity index (χ4n) is 2.21. The fourth-order valence-corrected chi connectivity index (χ4v) is 4.42. The van der Waals surface area contributed by atoms with Gasteiger partial charge in [-0.15, -0.1) is 0 Å². The minimum atomic E-state index is -3.64. The molecule has 0 spiro atoms. The van der Waals surface area contributed by atoms with Crippen LogP contribution in [0.1, 0.15) is 19.4 Å². The third kappa shape index (κ3) is 2.99. The van der Waals surface area contributed by atoms with Crippen LogP contribution in [0.25, 0.3) is 0 Å². The molecule has 2 unspecified atom stereocenters. The molecule has 5 nitrogen and oxygen atoms in total. The number of halogens is 1. The van der Waals surface area contributed by atoms with Gasteiger partial charge in [0.1, 0.15) is 4.90 Å². The van der Waals surface area contributed by atoms with E-state index in [-0.39, 0.29) is 28.6 Å². The molecule has 1 aromatic carbocycles. The zero-order chi connectivity index (χ0) is 14.9. The Hall–Kier alpha value is -0.660. The van der Waals surface area contributed by atoms with Crippen LogP contribution in [-0.4, -0.2) is 38.0 Å². The summed E-state index contributed by atoms with van der Waals surface area (Å²) in [6.45, 7) is 4.66. The Labute approximate surface area is 124 Å². The summed E-state index contributed by atoms with van der Waals surface area (Å²) in [5, 5.41) is 0.216. The van der Waals surface area contributed by atoms with Gasteiger partial charge in [0.2, 0.25) is 10.0 Å². The molecule has 2 N–H and O–H groups in total. The van der Waals surface area contributed by atoms with Crippen molar-refractivity contribution in [1.82, 2.24) is 4.31 Å². The second-order valence-electron chi connectivity index (χ2n) is 5.04. The lowest BCUT2D eigenvalue weighted by Gasteiger charge is -2.35. The third-order valence-corrected chi connectivity index (χ3v) is 5.83. The highest BCUT2D eigenvalue weighted by atomic mass is 35.5. The standard InChI is InChI=1S/C13H19ClN2O3S/c1-9-8-19-10(2)7-16(9)20(17,18)13-5-11(6-15)3-4-12(13)14/h3-5,9-10H,6-8,15H2,1-2H3. The molecule has 20 heavy (non-hydrogen) atoms. The Morgan fingerprint density at radius 3 is 2.80 bits per heavy atom. The van der Waals surface area contributed by atoms with E-state index in [1.165, 1.54) is 4.31 Å². The van der Waals surface area contributed by atoms with Crippen LogP contribution >= 0.6 is 11.6 Å². The summed E-state index contributed by atoms with van der Waals surface area (Å²) in [4.78, 5) is 0.114. The summed E-state index contributed by atoms with van der Waals surface area (Å²) >= 11 is 6.06. The summed E-state index contributed by atoms with van der Waals surface area (Å²) in [5.74, 6) is 0. The topological polar surface area (TPSA) is 72.6 Å². The Kier molecular flexibility index (Phi) is 4.71. The summed E-state index contributed by atoms with van der Waals surface area (Å²) in [6.07, 6.45) is -0.127. The second-order valence-corrected chi connectivity index (χ2v) is 7.30. The second kappa shape index (κ2) is 5.99. The highest BCUT2D eigenvalue weighted by Crippen LogP contribution is 2.28. The van der Waals surface area contributed by atoms with Crippen LogP contribution in [0.5, 0.6) is 0 Å². The summed E-state index contributed by atoms with van der Waals surface area (Å²) < 4.78 is 32.5. The molecule has 1 fully saturated rings. The molecule has 1 aliphatic heterocycles. The average Bonchev–Trinajstić information content (AvgIpc) is 2.41. The molecule has 0 radical (unpaired) electrons. The van der Waals surface area contributed by atoms with Gasteiger partial charge in [0.25, 0.3) is 0 Å². The maximum Gasteiger partial charge on any atom is 0.244 e. The van der Waals surface area contributed by atoms with E-state index in [0.717, 1.165) is 5.56 Å². The molecule has 0 saturated carbocycles. The number of rotatable bonds is 3. The number of ether oxygens (including phenoxy) is 1. The number of hydrogen-bond donors (Lipinski definition) is 1. The molecule has 0 amide bonds. The summed E-state index contributed by atoms with van der Waals surface area (Å²) in [7, 11) is -3.64. The number of sulfonamides is 1. The maximum atomic E-state index is 12.8. The van der Waals surface area contributed by atoms with Crippen molar-refractivity contribution in [2.45, 2.75) is 37.4 Å². The van der Waals surface area contributed by atoms with Gasteiger partial charge in [0, 0.05) is 19.1 Å². The minimum absolute atomic E-state index is 0.114. The van der Waals surface area contributed by atoms with E-state index in [0.29, 0.717) is 13.2 Å². The van der Waals surface area contributed by atoms with E-state index in [1.807, 2.05) is 13.8 Å².